The molecule has 0 saturated carbocycles. The predicted molar refractivity (Wildman–Crippen MR) is 84.0 cm³/mol. The van der Waals surface area contributed by atoms with Gasteiger partial charge in [-0.25, -0.2) is 4.98 Å². The maximum absolute atomic E-state index is 11.8. The molecule has 0 spiro atoms. The number of hydrogen-bond donors (Lipinski definition) is 1. The highest BCUT2D eigenvalue weighted by Crippen LogP contribution is 2.22. The number of carbonyl (C=O) groups excluding carboxylic acids is 1. The molecule has 0 unspecified atom stereocenters. The average molecular weight is 297 g/mol. The number of aryl methyl sites for hydroxylation is 1. The fourth-order valence-electron chi connectivity index (χ4n) is 2.03. The van der Waals surface area contributed by atoms with Crippen molar-refractivity contribution in [2.75, 3.05) is 0 Å². The van der Waals surface area contributed by atoms with Crippen LogP contribution in [0.5, 0.6) is 0 Å². The zero-order chi connectivity index (χ0) is 14.5. The van der Waals surface area contributed by atoms with Gasteiger partial charge in [0.1, 0.15) is 0 Å². The van der Waals surface area contributed by atoms with Crippen molar-refractivity contribution >= 4 is 27.5 Å². The SMILES string of the molecule is O=C(CCc1nc2ccccc2s1)NCc1ccccn1. The maximum atomic E-state index is 11.8. The van der Waals surface area contributed by atoms with E-state index in [1.807, 2.05) is 36.4 Å². The van der Waals surface area contributed by atoms with Gasteiger partial charge in [0.05, 0.1) is 27.5 Å². The number of fused-ring (bicyclic) bond motifs is 1. The molecule has 1 aromatic carbocycles. The largest absolute Gasteiger partial charge is 0.350 e. The number of amides is 1. The van der Waals surface area contributed by atoms with Gasteiger partial charge in [0, 0.05) is 19.0 Å². The number of nitrogens with one attached hydrogen (secondary N) is 1. The number of para-hydroxylation sites is 1. The second kappa shape index (κ2) is 6.45. The molecule has 3 rings (SSSR count). The Balaban J connectivity index is 1.51. The van der Waals surface area contributed by atoms with Crippen molar-refractivity contribution in [3.8, 4) is 0 Å². The zero-order valence-corrected chi connectivity index (χ0v) is 12.3. The fourth-order valence-corrected chi connectivity index (χ4v) is 2.99. The average Bonchev–Trinajstić information content (AvgIpc) is 2.95. The molecule has 0 aliphatic heterocycles. The molecule has 5 heteroatoms. The van der Waals surface area contributed by atoms with Crippen LogP contribution in [0.3, 0.4) is 0 Å². The Morgan fingerprint density at radius 3 is 2.81 bits per heavy atom. The zero-order valence-electron chi connectivity index (χ0n) is 11.5. The first-order valence-electron chi connectivity index (χ1n) is 6.82. The lowest BCUT2D eigenvalue weighted by Gasteiger charge is -2.03. The minimum Gasteiger partial charge on any atom is -0.350 e. The second-order valence-electron chi connectivity index (χ2n) is 4.67. The Bertz CT molecular complexity index is 706. The summed E-state index contributed by atoms with van der Waals surface area (Å²) in [5.41, 5.74) is 1.87. The van der Waals surface area contributed by atoms with Gasteiger partial charge >= 0.3 is 0 Å². The number of nitrogens with zero attached hydrogens (tertiary/aromatic N) is 2. The molecule has 106 valence electrons. The van der Waals surface area contributed by atoms with Crippen molar-refractivity contribution in [1.29, 1.82) is 0 Å². The molecule has 21 heavy (non-hydrogen) atoms. The smallest absolute Gasteiger partial charge is 0.220 e. The van der Waals surface area contributed by atoms with E-state index in [0.29, 0.717) is 19.4 Å². The number of aromatic nitrogens is 2. The Morgan fingerprint density at radius 1 is 1.14 bits per heavy atom. The van der Waals surface area contributed by atoms with E-state index in [4.69, 9.17) is 0 Å². The third-order valence-electron chi connectivity index (χ3n) is 3.10. The van der Waals surface area contributed by atoms with Gasteiger partial charge in [-0.3, -0.25) is 9.78 Å². The molecule has 1 amide bonds. The van der Waals surface area contributed by atoms with Gasteiger partial charge in [-0.05, 0) is 24.3 Å². The van der Waals surface area contributed by atoms with Crippen LogP contribution in [0.25, 0.3) is 10.2 Å². The van der Waals surface area contributed by atoms with Gasteiger partial charge in [0.15, 0.2) is 0 Å². The van der Waals surface area contributed by atoms with E-state index in [2.05, 4.69) is 21.4 Å². The molecule has 3 aromatic rings. The van der Waals surface area contributed by atoms with E-state index in [9.17, 15) is 4.79 Å². The number of benzene rings is 1. The van der Waals surface area contributed by atoms with Crippen LogP contribution in [0.4, 0.5) is 0 Å². The van der Waals surface area contributed by atoms with Crippen LogP contribution in [-0.4, -0.2) is 15.9 Å². The molecule has 2 aromatic heterocycles. The molecule has 0 atom stereocenters. The quantitative estimate of drug-likeness (QED) is 0.787. The number of thiazole rings is 1. The van der Waals surface area contributed by atoms with Crippen molar-refractivity contribution in [3.63, 3.8) is 0 Å². The summed E-state index contributed by atoms with van der Waals surface area (Å²) in [6.45, 7) is 0.472. The van der Waals surface area contributed by atoms with Crippen LogP contribution >= 0.6 is 11.3 Å². The van der Waals surface area contributed by atoms with E-state index >= 15 is 0 Å². The molecule has 0 aliphatic carbocycles. The van der Waals surface area contributed by atoms with E-state index in [1.165, 1.54) is 4.70 Å². The van der Waals surface area contributed by atoms with Crippen molar-refractivity contribution in [2.24, 2.45) is 0 Å². The normalized spacial score (nSPS) is 10.7. The van der Waals surface area contributed by atoms with Crippen molar-refractivity contribution in [1.82, 2.24) is 15.3 Å². The molecule has 0 fully saturated rings. The third kappa shape index (κ3) is 3.64. The maximum Gasteiger partial charge on any atom is 0.220 e. The summed E-state index contributed by atoms with van der Waals surface area (Å²) in [7, 11) is 0. The molecule has 4 nitrogen and oxygen atoms in total. The van der Waals surface area contributed by atoms with Crippen molar-refractivity contribution in [2.45, 2.75) is 19.4 Å². The Hall–Kier alpha value is -2.27. The highest BCUT2D eigenvalue weighted by atomic mass is 32.1. The number of pyridine rings is 1. The Morgan fingerprint density at radius 2 is 2.00 bits per heavy atom. The van der Waals surface area contributed by atoms with Crippen molar-refractivity contribution in [3.05, 3.63) is 59.4 Å². The third-order valence-corrected chi connectivity index (χ3v) is 4.19. The van der Waals surface area contributed by atoms with Gasteiger partial charge in [-0.15, -0.1) is 11.3 Å². The molecular weight excluding hydrogens is 282 g/mol. The van der Waals surface area contributed by atoms with E-state index < -0.39 is 0 Å². The first-order valence-corrected chi connectivity index (χ1v) is 7.64. The van der Waals surface area contributed by atoms with Crippen LogP contribution in [-0.2, 0) is 17.8 Å². The minimum atomic E-state index is 0.0277. The standard InChI is InChI=1S/C16H15N3OS/c20-15(18-11-12-5-3-4-10-17-12)8-9-16-19-13-6-1-2-7-14(13)21-16/h1-7,10H,8-9,11H2,(H,18,20). The first-order chi connectivity index (χ1) is 10.3. The number of rotatable bonds is 5. The molecule has 1 N–H and O–H groups in total. The van der Waals surface area contributed by atoms with Gasteiger partial charge in [-0.2, -0.15) is 0 Å². The molecule has 0 radical (unpaired) electrons. The summed E-state index contributed by atoms with van der Waals surface area (Å²) in [6.07, 6.45) is 2.85. The second-order valence-corrected chi connectivity index (χ2v) is 5.79. The summed E-state index contributed by atoms with van der Waals surface area (Å²) in [6, 6.07) is 13.7. The lowest BCUT2D eigenvalue weighted by atomic mass is 10.3. The summed E-state index contributed by atoms with van der Waals surface area (Å²) in [5, 5.41) is 3.88. The minimum absolute atomic E-state index is 0.0277. The molecule has 0 bridgehead atoms. The highest BCUT2D eigenvalue weighted by Gasteiger charge is 2.07. The van der Waals surface area contributed by atoms with Crippen LogP contribution in [0.15, 0.2) is 48.7 Å². The van der Waals surface area contributed by atoms with Crippen molar-refractivity contribution < 1.29 is 4.79 Å². The summed E-state index contributed by atoms with van der Waals surface area (Å²) >= 11 is 1.65. The van der Waals surface area contributed by atoms with Crippen LogP contribution in [0.1, 0.15) is 17.1 Å². The van der Waals surface area contributed by atoms with Crippen LogP contribution < -0.4 is 5.32 Å². The topological polar surface area (TPSA) is 54.9 Å². The summed E-state index contributed by atoms with van der Waals surface area (Å²) in [4.78, 5) is 20.5. The molecule has 2 heterocycles. The van der Waals surface area contributed by atoms with Gasteiger partial charge in [0.2, 0.25) is 5.91 Å². The Labute approximate surface area is 126 Å². The van der Waals surface area contributed by atoms with Gasteiger partial charge < -0.3 is 5.32 Å². The predicted octanol–water partition coefficient (Wildman–Crippen LogP) is 2.94. The highest BCUT2D eigenvalue weighted by molar-refractivity contribution is 7.18. The van der Waals surface area contributed by atoms with Crippen LogP contribution in [0, 0.1) is 0 Å². The molecule has 0 saturated heterocycles. The van der Waals surface area contributed by atoms with E-state index in [1.54, 1.807) is 17.5 Å². The number of hydrogen-bond acceptors (Lipinski definition) is 4. The monoisotopic (exact) mass is 297 g/mol. The van der Waals surface area contributed by atoms with E-state index in [-0.39, 0.29) is 5.91 Å². The van der Waals surface area contributed by atoms with Crippen LogP contribution in [0.2, 0.25) is 0 Å². The first kappa shape index (κ1) is 13.7. The lowest BCUT2D eigenvalue weighted by Crippen LogP contribution is -2.23. The lowest BCUT2D eigenvalue weighted by molar-refractivity contribution is -0.121. The molecule has 0 aliphatic rings. The summed E-state index contributed by atoms with van der Waals surface area (Å²) in [5.74, 6) is 0.0277. The van der Waals surface area contributed by atoms with E-state index in [0.717, 1.165) is 16.2 Å². The summed E-state index contributed by atoms with van der Waals surface area (Å²) < 4.78 is 1.17. The molecular formula is C16H15N3OS. The number of carbonyl (C=O) groups is 1. The van der Waals surface area contributed by atoms with Gasteiger partial charge in [0.25, 0.3) is 0 Å². The van der Waals surface area contributed by atoms with Gasteiger partial charge in [-0.1, -0.05) is 18.2 Å². The Kier molecular flexibility index (Phi) is 4.21. The fraction of sp³-hybridized carbons (Fsp3) is 0.188.